The first kappa shape index (κ1) is 34.0. The van der Waals surface area contributed by atoms with Crippen LogP contribution in [0, 0.1) is 44.8 Å². The monoisotopic (exact) mass is 676 g/mol. The first-order valence-corrected chi connectivity index (χ1v) is 18.2. The van der Waals surface area contributed by atoms with Crippen LogP contribution in [0.5, 0.6) is 0 Å². The molecule has 0 aromatic rings. The van der Waals surface area contributed by atoms with Crippen molar-refractivity contribution in [2.24, 2.45) is 44.8 Å². The molecule has 7 fully saturated rings. The predicted molar refractivity (Wildman–Crippen MR) is 170 cm³/mol. The molecule has 270 valence electrons. The number of carbonyl (C=O) groups excluding carboxylic acids is 1. The molecule has 11 nitrogen and oxygen atoms in total. The second kappa shape index (κ2) is 10.0. The Morgan fingerprint density at radius 1 is 0.979 bits per heavy atom. The lowest BCUT2D eigenvalue weighted by Gasteiger charge is -2.62. The third kappa shape index (κ3) is 3.89. The normalized spacial score (nSPS) is 58.7. The Balaban J connectivity index is 1.15. The third-order valence-electron chi connectivity index (χ3n) is 15.8. The molecular weight excluding hydrogens is 620 g/mol. The third-order valence-corrected chi connectivity index (χ3v) is 15.8. The highest BCUT2D eigenvalue weighted by Crippen LogP contribution is 2.88. The quantitative estimate of drug-likeness (QED) is 0.221. The average molecular weight is 677 g/mol. The zero-order valence-electron chi connectivity index (χ0n) is 29.6. The first-order chi connectivity index (χ1) is 22.2. The van der Waals surface area contributed by atoms with E-state index in [1.807, 2.05) is 0 Å². The largest absolute Gasteiger partial charge is 0.462 e. The molecule has 0 radical (unpaired) electrons. The van der Waals surface area contributed by atoms with E-state index in [4.69, 9.17) is 23.7 Å². The molecule has 48 heavy (non-hydrogen) atoms. The van der Waals surface area contributed by atoms with Gasteiger partial charge < -0.3 is 49.2 Å². The van der Waals surface area contributed by atoms with Gasteiger partial charge in [-0.2, -0.15) is 0 Å². The summed E-state index contributed by atoms with van der Waals surface area (Å²) in [6, 6.07) is 0. The minimum absolute atomic E-state index is 0.0107. The van der Waals surface area contributed by atoms with Crippen molar-refractivity contribution in [3.05, 3.63) is 11.6 Å². The number of fused-ring (bicyclic) bond motifs is 5. The van der Waals surface area contributed by atoms with E-state index in [1.54, 1.807) is 13.8 Å². The van der Waals surface area contributed by atoms with Crippen molar-refractivity contribution >= 4 is 5.97 Å². The van der Waals surface area contributed by atoms with Gasteiger partial charge in [0.25, 0.3) is 0 Å². The van der Waals surface area contributed by atoms with Gasteiger partial charge >= 0.3 is 5.97 Å². The van der Waals surface area contributed by atoms with Gasteiger partial charge in [0.15, 0.2) is 6.29 Å². The van der Waals surface area contributed by atoms with E-state index in [-0.39, 0.29) is 64.9 Å². The molecule has 17 atom stereocenters. The second-order valence-electron chi connectivity index (χ2n) is 18.5. The number of aliphatic hydroxyl groups is 5. The molecular formula is C37H56O11. The molecule has 5 N–H and O–H groups in total. The number of esters is 1. The molecule has 8 aliphatic rings. The number of ether oxygens (including phenoxy) is 5. The van der Waals surface area contributed by atoms with Gasteiger partial charge in [-0.15, -0.1) is 0 Å². The standard InChI is InChI=1S/C37H56O11/c1-17-25-20(47-37(43)28(17)48-32(5,6)30(37)42)13-33(7)22-10-9-21-31(3,4)23(46-29-27(41)26(40)19(39)15-44-29)11-12-35(21)16-36(22,35)14-24(34(25,33)8)45-18(2)38/h10,17,19-21,23-30,39-43H,9,11-16H2,1-8H3/t17-,19+,20-,21-,23-,24+,25-,26-,27+,28+,29-,30+,33-,34+,35+,36-,37+/m0/s1. The van der Waals surface area contributed by atoms with Crippen LogP contribution in [0.3, 0.4) is 0 Å². The molecule has 4 saturated carbocycles. The Kier molecular flexibility index (Phi) is 7.10. The summed E-state index contributed by atoms with van der Waals surface area (Å²) in [6.07, 6.45) is -0.377. The van der Waals surface area contributed by atoms with Gasteiger partial charge in [-0.25, -0.2) is 0 Å². The van der Waals surface area contributed by atoms with Crippen LogP contribution < -0.4 is 0 Å². The highest BCUT2D eigenvalue weighted by Gasteiger charge is 2.85. The molecule has 0 aromatic carbocycles. The van der Waals surface area contributed by atoms with Gasteiger partial charge in [0.1, 0.15) is 36.6 Å². The van der Waals surface area contributed by atoms with E-state index in [1.165, 1.54) is 12.5 Å². The van der Waals surface area contributed by atoms with E-state index < -0.39 is 59.0 Å². The van der Waals surface area contributed by atoms with E-state index in [9.17, 15) is 30.3 Å². The van der Waals surface area contributed by atoms with Crippen LogP contribution in [0.2, 0.25) is 0 Å². The summed E-state index contributed by atoms with van der Waals surface area (Å²) in [4.78, 5) is 12.9. The van der Waals surface area contributed by atoms with E-state index in [0.717, 1.165) is 32.1 Å². The minimum Gasteiger partial charge on any atom is -0.462 e. The first-order valence-electron chi connectivity index (χ1n) is 18.2. The molecule has 8 rings (SSSR count). The Bertz CT molecular complexity index is 1410. The van der Waals surface area contributed by atoms with Crippen molar-refractivity contribution in [1.82, 2.24) is 0 Å². The molecule has 2 spiro atoms. The minimum atomic E-state index is -1.82. The summed E-state index contributed by atoms with van der Waals surface area (Å²) in [5.41, 5.74) is -0.907. The van der Waals surface area contributed by atoms with E-state index in [0.29, 0.717) is 6.42 Å². The predicted octanol–water partition coefficient (Wildman–Crippen LogP) is 2.58. The van der Waals surface area contributed by atoms with Crippen molar-refractivity contribution < 1.29 is 54.0 Å². The summed E-state index contributed by atoms with van der Waals surface area (Å²) in [5.74, 6) is -2.11. The Hall–Kier alpha value is -1.15. The molecule has 0 amide bonds. The van der Waals surface area contributed by atoms with Crippen LogP contribution in [-0.4, -0.2) is 105 Å². The maximum atomic E-state index is 12.9. The van der Waals surface area contributed by atoms with Crippen molar-refractivity contribution in [1.29, 1.82) is 0 Å². The van der Waals surface area contributed by atoms with Gasteiger partial charge in [-0.1, -0.05) is 46.3 Å². The number of aliphatic hydroxyl groups excluding tert-OH is 4. The zero-order valence-corrected chi connectivity index (χ0v) is 29.6. The number of hydrogen-bond acceptors (Lipinski definition) is 11. The topological polar surface area (TPSA) is 164 Å². The Labute approximate surface area is 283 Å². The summed E-state index contributed by atoms with van der Waals surface area (Å²) in [6.45, 7) is 16.1. The summed E-state index contributed by atoms with van der Waals surface area (Å²) in [7, 11) is 0. The second-order valence-corrected chi connectivity index (χ2v) is 18.5. The molecule has 0 aromatic heterocycles. The number of hydrogen-bond donors (Lipinski definition) is 5. The molecule has 0 unspecified atom stereocenters. The zero-order chi connectivity index (χ0) is 34.8. The highest BCUT2D eigenvalue weighted by atomic mass is 16.7. The van der Waals surface area contributed by atoms with E-state index >= 15 is 0 Å². The highest BCUT2D eigenvalue weighted by molar-refractivity contribution is 5.66. The lowest BCUT2D eigenvalue weighted by Crippen LogP contribution is -2.64. The molecule has 11 heteroatoms. The van der Waals surface area contributed by atoms with Crippen LogP contribution in [0.4, 0.5) is 0 Å². The van der Waals surface area contributed by atoms with Crippen LogP contribution in [0.15, 0.2) is 11.6 Å². The average Bonchev–Trinajstić information content (AvgIpc) is 3.52. The number of allylic oxidation sites excluding steroid dienone is 2. The molecule has 5 aliphatic carbocycles. The smallest absolute Gasteiger partial charge is 0.302 e. The number of carbonyl (C=O) groups is 1. The molecule has 3 saturated heterocycles. The van der Waals surface area contributed by atoms with Crippen molar-refractivity contribution in [2.75, 3.05) is 6.61 Å². The van der Waals surface area contributed by atoms with Crippen molar-refractivity contribution in [3.63, 3.8) is 0 Å². The fourth-order valence-corrected chi connectivity index (χ4v) is 13.5. The van der Waals surface area contributed by atoms with Crippen LogP contribution >= 0.6 is 0 Å². The summed E-state index contributed by atoms with van der Waals surface area (Å²) >= 11 is 0. The van der Waals surface area contributed by atoms with Gasteiger partial charge in [0, 0.05) is 29.1 Å². The summed E-state index contributed by atoms with van der Waals surface area (Å²) < 4.78 is 31.5. The van der Waals surface area contributed by atoms with Crippen LogP contribution in [-0.2, 0) is 28.5 Å². The lowest BCUT2D eigenvalue weighted by atomic mass is 9.44. The van der Waals surface area contributed by atoms with Gasteiger partial charge in [0.2, 0.25) is 5.79 Å². The number of rotatable bonds is 3. The summed E-state index contributed by atoms with van der Waals surface area (Å²) in [5, 5.41) is 54.0. The Morgan fingerprint density at radius 2 is 1.69 bits per heavy atom. The fourth-order valence-electron chi connectivity index (χ4n) is 13.5. The van der Waals surface area contributed by atoms with Gasteiger partial charge in [-0.3, -0.25) is 4.79 Å². The van der Waals surface area contributed by atoms with E-state index in [2.05, 4.69) is 40.7 Å². The maximum Gasteiger partial charge on any atom is 0.302 e. The lowest BCUT2D eigenvalue weighted by molar-refractivity contribution is -0.329. The maximum absolute atomic E-state index is 12.9. The Morgan fingerprint density at radius 3 is 2.38 bits per heavy atom. The van der Waals surface area contributed by atoms with Crippen molar-refractivity contribution in [2.45, 2.75) is 160 Å². The SMILES string of the molecule is CC(=O)O[C@@H]1C[C@@]23C[C@@]24CC[C@H](O[C@@H]2OC[C@@H](O)[C@H](O)[C@H]2O)C(C)(C)[C@@H]4CC=C3[C@]2(C)C[C@@H]3O[C@]4(O)[C@H](OC(C)(C)[C@H]4O)[C@@H](C)[C@@H]3[C@@]12C. The molecule has 0 bridgehead atoms. The molecule has 3 heterocycles. The van der Waals surface area contributed by atoms with Gasteiger partial charge in [0.05, 0.1) is 24.4 Å². The van der Waals surface area contributed by atoms with Crippen molar-refractivity contribution in [3.8, 4) is 0 Å². The molecule has 3 aliphatic heterocycles. The van der Waals surface area contributed by atoms with Crippen LogP contribution in [0.1, 0.15) is 93.9 Å². The van der Waals surface area contributed by atoms with Gasteiger partial charge in [-0.05, 0) is 75.0 Å². The fraction of sp³-hybridized carbons (Fsp3) is 0.919. The van der Waals surface area contributed by atoms with Crippen LogP contribution in [0.25, 0.3) is 0 Å².